The minimum Gasteiger partial charge on any atom is -0.352 e. The van der Waals surface area contributed by atoms with Gasteiger partial charge in [-0.1, -0.05) is 60.5 Å². The van der Waals surface area contributed by atoms with Crippen LogP contribution < -0.4 is 5.32 Å². The summed E-state index contributed by atoms with van der Waals surface area (Å²) in [6.45, 7) is 7.95. The minimum atomic E-state index is -0.600. The Morgan fingerprint density at radius 2 is 1.53 bits per heavy atom. The van der Waals surface area contributed by atoms with E-state index in [2.05, 4.69) is 36.5 Å². The second-order valence-corrected chi connectivity index (χ2v) is 8.59. The van der Waals surface area contributed by atoms with E-state index in [0.29, 0.717) is 22.9 Å². The first-order chi connectivity index (χ1) is 14.2. The molecule has 162 valence electrons. The van der Waals surface area contributed by atoms with Gasteiger partial charge in [0.05, 0.1) is 10.0 Å². The predicted octanol–water partition coefficient (Wildman–Crippen LogP) is 5.43. The van der Waals surface area contributed by atoms with Crippen molar-refractivity contribution in [2.24, 2.45) is 0 Å². The first-order valence-corrected chi connectivity index (χ1v) is 11.1. The third-order valence-corrected chi connectivity index (χ3v) is 5.73. The van der Waals surface area contributed by atoms with E-state index in [0.717, 1.165) is 17.5 Å². The monoisotopic (exact) mass is 448 g/mol. The Labute approximate surface area is 189 Å². The van der Waals surface area contributed by atoms with Crippen LogP contribution in [-0.2, 0) is 29.0 Å². The molecule has 0 aliphatic heterocycles. The van der Waals surface area contributed by atoms with Gasteiger partial charge >= 0.3 is 0 Å². The number of hydrogen-bond donors (Lipinski definition) is 1. The van der Waals surface area contributed by atoms with E-state index in [9.17, 15) is 9.59 Å². The maximum atomic E-state index is 13.1. The van der Waals surface area contributed by atoms with Crippen LogP contribution in [0.4, 0.5) is 0 Å². The van der Waals surface area contributed by atoms with Crippen LogP contribution in [0.15, 0.2) is 42.5 Å². The molecule has 0 aliphatic rings. The first kappa shape index (κ1) is 24.2. The average Bonchev–Trinajstić information content (AvgIpc) is 2.72. The molecular formula is C24H30Cl2N2O2. The Bertz CT molecular complexity index is 866. The largest absolute Gasteiger partial charge is 0.352 e. The summed E-state index contributed by atoms with van der Waals surface area (Å²) in [4.78, 5) is 27.3. The molecule has 0 radical (unpaired) electrons. The normalized spacial score (nSPS) is 12.0. The van der Waals surface area contributed by atoms with E-state index < -0.39 is 6.04 Å². The van der Waals surface area contributed by atoms with Crippen LogP contribution >= 0.6 is 23.2 Å². The third kappa shape index (κ3) is 7.03. The van der Waals surface area contributed by atoms with E-state index in [4.69, 9.17) is 23.2 Å². The molecule has 0 heterocycles. The first-order valence-electron chi connectivity index (χ1n) is 10.3. The molecule has 1 atom stereocenters. The SMILES string of the molecule is CCc1ccc(CCC(=O)N(Cc2ccc(Cl)c(Cl)c2)C(C)C(=O)NC(C)C)cc1. The molecule has 6 heteroatoms. The topological polar surface area (TPSA) is 49.4 Å². The van der Waals surface area contributed by atoms with Gasteiger partial charge < -0.3 is 10.2 Å². The van der Waals surface area contributed by atoms with Gasteiger partial charge in [0.2, 0.25) is 11.8 Å². The summed E-state index contributed by atoms with van der Waals surface area (Å²) in [5.74, 6) is -0.252. The Morgan fingerprint density at radius 1 is 0.933 bits per heavy atom. The van der Waals surface area contributed by atoms with Crippen molar-refractivity contribution in [1.29, 1.82) is 0 Å². The minimum absolute atomic E-state index is 0.000964. The summed E-state index contributed by atoms with van der Waals surface area (Å²) in [5.41, 5.74) is 3.20. The van der Waals surface area contributed by atoms with Crippen molar-refractivity contribution in [3.05, 3.63) is 69.2 Å². The van der Waals surface area contributed by atoms with Gasteiger partial charge in [0.25, 0.3) is 0 Å². The number of benzene rings is 2. The van der Waals surface area contributed by atoms with Crippen LogP contribution in [0.2, 0.25) is 10.0 Å². The molecule has 0 saturated carbocycles. The number of hydrogen-bond acceptors (Lipinski definition) is 2. The number of rotatable bonds is 9. The average molecular weight is 449 g/mol. The van der Waals surface area contributed by atoms with E-state index in [-0.39, 0.29) is 24.4 Å². The number of aryl methyl sites for hydroxylation is 2. The molecule has 0 fully saturated rings. The fourth-order valence-electron chi connectivity index (χ4n) is 3.16. The van der Waals surface area contributed by atoms with Crippen molar-refractivity contribution in [2.75, 3.05) is 0 Å². The highest BCUT2D eigenvalue weighted by molar-refractivity contribution is 6.42. The number of nitrogens with zero attached hydrogens (tertiary/aromatic N) is 1. The Kier molecular flexibility index (Phi) is 9.19. The summed E-state index contributed by atoms with van der Waals surface area (Å²) in [5, 5.41) is 3.78. The summed E-state index contributed by atoms with van der Waals surface area (Å²) in [7, 11) is 0. The molecule has 0 spiro atoms. The van der Waals surface area contributed by atoms with Crippen molar-refractivity contribution >= 4 is 35.0 Å². The molecule has 0 aliphatic carbocycles. The fraction of sp³-hybridized carbons (Fsp3) is 0.417. The van der Waals surface area contributed by atoms with Gasteiger partial charge in [-0.05, 0) is 62.4 Å². The van der Waals surface area contributed by atoms with Gasteiger partial charge in [0.15, 0.2) is 0 Å². The zero-order valence-electron chi connectivity index (χ0n) is 18.0. The lowest BCUT2D eigenvalue weighted by Gasteiger charge is -2.29. The van der Waals surface area contributed by atoms with Crippen molar-refractivity contribution < 1.29 is 9.59 Å². The highest BCUT2D eigenvalue weighted by Gasteiger charge is 2.26. The predicted molar refractivity (Wildman–Crippen MR) is 124 cm³/mol. The second kappa shape index (κ2) is 11.4. The zero-order valence-corrected chi connectivity index (χ0v) is 19.6. The molecule has 2 amide bonds. The van der Waals surface area contributed by atoms with Crippen LogP contribution in [0, 0.1) is 0 Å². The third-order valence-electron chi connectivity index (χ3n) is 4.99. The summed E-state index contributed by atoms with van der Waals surface area (Å²) in [6, 6.07) is 13.0. The number of amides is 2. The summed E-state index contributed by atoms with van der Waals surface area (Å²) < 4.78 is 0. The molecule has 1 N–H and O–H groups in total. The Morgan fingerprint density at radius 3 is 2.10 bits per heavy atom. The molecule has 0 aromatic heterocycles. The summed E-state index contributed by atoms with van der Waals surface area (Å²) >= 11 is 12.2. The van der Waals surface area contributed by atoms with E-state index in [1.165, 1.54) is 5.56 Å². The molecule has 0 saturated heterocycles. The lowest BCUT2D eigenvalue weighted by molar-refractivity contribution is -0.140. The molecule has 4 nitrogen and oxygen atoms in total. The molecule has 0 bridgehead atoms. The van der Waals surface area contributed by atoms with E-state index in [1.54, 1.807) is 24.0 Å². The van der Waals surface area contributed by atoms with Crippen LogP contribution in [0.5, 0.6) is 0 Å². The van der Waals surface area contributed by atoms with Crippen molar-refractivity contribution in [1.82, 2.24) is 10.2 Å². The quantitative estimate of drug-likeness (QED) is 0.555. The standard InChI is InChI=1S/C24H30Cl2N2O2/c1-5-18-6-8-19(9-7-18)11-13-23(29)28(17(4)24(30)27-16(2)3)15-20-10-12-21(25)22(26)14-20/h6-10,12,14,16-17H,5,11,13,15H2,1-4H3,(H,27,30). The van der Waals surface area contributed by atoms with Gasteiger partial charge in [-0.3, -0.25) is 9.59 Å². The molecule has 2 rings (SSSR count). The lowest BCUT2D eigenvalue weighted by Crippen LogP contribution is -2.49. The smallest absolute Gasteiger partial charge is 0.242 e. The molecular weight excluding hydrogens is 419 g/mol. The maximum absolute atomic E-state index is 13.1. The van der Waals surface area contributed by atoms with Crippen molar-refractivity contribution in [3.63, 3.8) is 0 Å². The van der Waals surface area contributed by atoms with Crippen LogP contribution in [0.25, 0.3) is 0 Å². The highest BCUT2D eigenvalue weighted by Crippen LogP contribution is 2.24. The van der Waals surface area contributed by atoms with Gasteiger partial charge in [0, 0.05) is 19.0 Å². The van der Waals surface area contributed by atoms with Crippen LogP contribution in [0.1, 0.15) is 50.8 Å². The number of carbonyl (C=O) groups is 2. The lowest BCUT2D eigenvalue weighted by atomic mass is 10.0. The van der Waals surface area contributed by atoms with Crippen molar-refractivity contribution in [3.8, 4) is 0 Å². The van der Waals surface area contributed by atoms with Gasteiger partial charge in [-0.25, -0.2) is 0 Å². The van der Waals surface area contributed by atoms with Gasteiger partial charge in [-0.2, -0.15) is 0 Å². The maximum Gasteiger partial charge on any atom is 0.242 e. The molecule has 30 heavy (non-hydrogen) atoms. The van der Waals surface area contributed by atoms with Gasteiger partial charge in [0.1, 0.15) is 6.04 Å². The number of nitrogens with one attached hydrogen (secondary N) is 1. The molecule has 1 unspecified atom stereocenters. The van der Waals surface area contributed by atoms with E-state index >= 15 is 0 Å². The molecule has 2 aromatic rings. The Balaban J connectivity index is 2.16. The second-order valence-electron chi connectivity index (χ2n) is 7.78. The van der Waals surface area contributed by atoms with Gasteiger partial charge in [-0.15, -0.1) is 0 Å². The van der Waals surface area contributed by atoms with E-state index in [1.807, 2.05) is 19.9 Å². The Hall–Kier alpha value is -2.04. The highest BCUT2D eigenvalue weighted by atomic mass is 35.5. The van der Waals surface area contributed by atoms with Crippen LogP contribution in [0.3, 0.4) is 0 Å². The van der Waals surface area contributed by atoms with Crippen molar-refractivity contribution in [2.45, 2.75) is 65.6 Å². The molecule has 2 aromatic carbocycles. The zero-order chi connectivity index (χ0) is 22.3. The number of halogens is 2. The summed E-state index contributed by atoms with van der Waals surface area (Å²) in [6.07, 6.45) is 1.93. The van der Waals surface area contributed by atoms with Crippen LogP contribution in [-0.4, -0.2) is 28.8 Å². The number of carbonyl (C=O) groups excluding carboxylic acids is 2. The fourth-order valence-corrected chi connectivity index (χ4v) is 3.48.